The summed E-state index contributed by atoms with van der Waals surface area (Å²) in [5.74, 6) is 0.727. The van der Waals surface area contributed by atoms with Crippen molar-refractivity contribution in [2.45, 2.75) is 13.0 Å². The predicted octanol–water partition coefficient (Wildman–Crippen LogP) is -0.631. The fourth-order valence-corrected chi connectivity index (χ4v) is 0.696. The van der Waals surface area contributed by atoms with Gasteiger partial charge in [-0.3, -0.25) is 4.99 Å². The van der Waals surface area contributed by atoms with E-state index in [1.807, 2.05) is 0 Å². The van der Waals surface area contributed by atoms with Gasteiger partial charge in [0, 0.05) is 6.54 Å². The minimum atomic E-state index is -0.419. The highest BCUT2D eigenvalue weighted by Gasteiger charge is 2.08. The second-order valence-electron chi connectivity index (χ2n) is 1.87. The third-order valence-electron chi connectivity index (χ3n) is 1.10. The maximum Gasteiger partial charge on any atom is 0.125 e. The Morgan fingerprint density at radius 1 is 1.88 bits per heavy atom. The van der Waals surface area contributed by atoms with Crippen LogP contribution in [0, 0.1) is 0 Å². The van der Waals surface area contributed by atoms with E-state index in [2.05, 4.69) is 10.3 Å². The number of aliphatic hydroxyl groups excluding tert-OH is 1. The molecule has 1 aliphatic heterocycles. The Hall–Kier alpha value is -0.570. The van der Waals surface area contributed by atoms with Crippen LogP contribution in [0.4, 0.5) is 0 Å². The quantitative estimate of drug-likeness (QED) is 0.476. The summed E-state index contributed by atoms with van der Waals surface area (Å²) in [6, 6.07) is 0. The van der Waals surface area contributed by atoms with Crippen LogP contribution in [0.5, 0.6) is 0 Å². The van der Waals surface area contributed by atoms with E-state index in [1.54, 1.807) is 6.92 Å². The van der Waals surface area contributed by atoms with Crippen molar-refractivity contribution in [3.05, 3.63) is 0 Å². The lowest BCUT2D eigenvalue weighted by Gasteiger charge is -2.02. The van der Waals surface area contributed by atoms with Crippen molar-refractivity contribution in [2.24, 2.45) is 4.99 Å². The average molecular weight is 114 g/mol. The number of nitrogens with zero attached hydrogens (tertiary/aromatic N) is 1. The van der Waals surface area contributed by atoms with E-state index in [0.29, 0.717) is 0 Å². The van der Waals surface area contributed by atoms with Gasteiger partial charge in [0.1, 0.15) is 11.9 Å². The van der Waals surface area contributed by atoms with Crippen molar-refractivity contribution in [2.75, 3.05) is 13.1 Å². The first-order valence-corrected chi connectivity index (χ1v) is 2.77. The maximum absolute atomic E-state index is 8.86. The summed E-state index contributed by atoms with van der Waals surface area (Å²) >= 11 is 0. The van der Waals surface area contributed by atoms with Gasteiger partial charge >= 0.3 is 0 Å². The number of aliphatic hydroxyl groups is 1. The van der Waals surface area contributed by atoms with E-state index in [1.165, 1.54) is 0 Å². The topological polar surface area (TPSA) is 44.6 Å². The van der Waals surface area contributed by atoms with Gasteiger partial charge in [0.05, 0.1) is 6.54 Å². The molecule has 0 saturated carbocycles. The minimum absolute atomic E-state index is 0.419. The standard InChI is InChI=1S/C5H10N2O/c1-4(8)5-6-2-3-7-5/h4,8H,2-3H2,1H3,(H,6,7)/t4-/m1/s1. The van der Waals surface area contributed by atoms with Crippen LogP contribution in [0.25, 0.3) is 0 Å². The summed E-state index contributed by atoms with van der Waals surface area (Å²) in [5, 5.41) is 11.8. The molecule has 0 unspecified atom stereocenters. The molecule has 0 aliphatic carbocycles. The molecule has 1 aliphatic rings. The van der Waals surface area contributed by atoms with Gasteiger partial charge in [-0.2, -0.15) is 0 Å². The molecular weight excluding hydrogens is 104 g/mol. The molecular formula is C5H10N2O. The first kappa shape index (κ1) is 5.56. The second-order valence-corrected chi connectivity index (χ2v) is 1.87. The smallest absolute Gasteiger partial charge is 0.125 e. The van der Waals surface area contributed by atoms with Gasteiger partial charge in [-0.1, -0.05) is 0 Å². The first-order valence-electron chi connectivity index (χ1n) is 2.77. The molecule has 0 amide bonds. The highest BCUT2D eigenvalue weighted by molar-refractivity contribution is 5.87. The molecule has 0 aromatic heterocycles. The molecule has 0 bridgehead atoms. The molecule has 0 radical (unpaired) electrons. The van der Waals surface area contributed by atoms with Crippen LogP contribution in [-0.2, 0) is 0 Å². The number of amidine groups is 1. The number of aliphatic imine (C=N–C) groups is 1. The zero-order valence-corrected chi connectivity index (χ0v) is 4.89. The van der Waals surface area contributed by atoms with E-state index in [4.69, 9.17) is 5.11 Å². The third-order valence-corrected chi connectivity index (χ3v) is 1.10. The second kappa shape index (κ2) is 2.13. The normalized spacial score (nSPS) is 22.0. The molecule has 8 heavy (non-hydrogen) atoms. The molecule has 0 spiro atoms. The summed E-state index contributed by atoms with van der Waals surface area (Å²) < 4.78 is 0. The van der Waals surface area contributed by atoms with E-state index in [-0.39, 0.29) is 0 Å². The van der Waals surface area contributed by atoms with Crippen molar-refractivity contribution in [3.8, 4) is 0 Å². The zero-order chi connectivity index (χ0) is 5.98. The van der Waals surface area contributed by atoms with E-state index < -0.39 is 6.10 Å². The molecule has 1 heterocycles. The summed E-state index contributed by atoms with van der Waals surface area (Å²) in [6.07, 6.45) is -0.419. The number of hydrogen-bond acceptors (Lipinski definition) is 3. The van der Waals surface area contributed by atoms with Gasteiger partial charge in [0.15, 0.2) is 0 Å². The van der Waals surface area contributed by atoms with Crippen LogP contribution in [0.2, 0.25) is 0 Å². The minimum Gasteiger partial charge on any atom is -0.386 e. The van der Waals surface area contributed by atoms with Gasteiger partial charge in [-0.05, 0) is 6.92 Å². The summed E-state index contributed by atoms with van der Waals surface area (Å²) in [5.41, 5.74) is 0. The van der Waals surface area contributed by atoms with Crippen LogP contribution in [0.15, 0.2) is 4.99 Å². The van der Waals surface area contributed by atoms with Crippen molar-refractivity contribution in [1.82, 2.24) is 5.32 Å². The van der Waals surface area contributed by atoms with E-state index in [9.17, 15) is 0 Å². The number of nitrogens with one attached hydrogen (secondary N) is 1. The lowest BCUT2D eigenvalue weighted by Crippen LogP contribution is -2.28. The van der Waals surface area contributed by atoms with Crippen LogP contribution in [-0.4, -0.2) is 30.1 Å². The van der Waals surface area contributed by atoms with Crippen molar-refractivity contribution in [1.29, 1.82) is 0 Å². The van der Waals surface area contributed by atoms with Gasteiger partial charge < -0.3 is 10.4 Å². The molecule has 46 valence electrons. The summed E-state index contributed by atoms with van der Waals surface area (Å²) in [6.45, 7) is 3.39. The lowest BCUT2D eigenvalue weighted by atomic mass is 10.4. The molecule has 0 aromatic rings. The number of hydrogen-bond donors (Lipinski definition) is 2. The highest BCUT2D eigenvalue weighted by Crippen LogP contribution is 1.89. The Balaban J connectivity index is 2.45. The zero-order valence-electron chi connectivity index (χ0n) is 4.89. The molecule has 3 nitrogen and oxygen atoms in total. The molecule has 0 fully saturated rings. The summed E-state index contributed by atoms with van der Waals surface area (Å²) in [7, 11) is 0. The average Bonchev–Trinajstić information content (AvgIpc) is 2.12. The Morgan fingerprint density at radius 2 is 2.62 bits per heavy atom. The molecule has 3 heteroatoms. The molecule has 1 rings (SSSR count). The van der Waals surface area contributed by atoms with Crippen molar-refractivity contribution < 1.29 is 5.11 Å². The monoisotopic (exact) mass is 114 g/mol. The SMILES string of the molecule is C[C@@H](O)C1=NCCN1. The van der Waals surface area contributed by atoms with Gasteiger partial charge in [0.2, 0.25) is 0 Å². The third kappa shape index (κ3) is 0.980. The fourth-order valence-electron chi connectivity index (χ4n) is 0.696. The fraction of sp³-hybridized carbons (Fsp3) is 0.800. The Bertz CT molecular complexity index is 109. The summed E-state index contributed by atoms with van der Waals surface area (Å²) in [4.78, 5) is 3.99. The van der Waals surface area contributed by atoms with Crippen LogP contribution >= 0.6 is 0 Å². The molecule has 2 N–H and O–H groups in total. The molecule has 0 aromatic carbocycles. The van der Waals surface area contributed by atoms with Gasteiger partial charge in [-0.15, -0.1) is 0 Å². The van der Waals surface area contributed by atoms with Gasteiger partial charge in [-0.25, -0.2) is 0 Å². The Kier molecular flexibility index (Phi) is 1.48. The number of rotatable bonds is 1. The predicted molar refractivity (Wildman–Crippen MR) is 32.0 cm³/mol. The highest BCUT2D eigenvalue weighted by atomic mass is 16.3. The Morgan fingerprint density at radius 3 is 2.88 bits per heavy atom. The van der Waals surface area contributed by atoms with Crippen molar-refractivity contribution >= 4 is 5.84 Å². The lowest BCUT2D eigenvalue weighted by molar-refractivity contribution is 0.259. The molecule has 0 saturated heterocycles. The van der Waals surface area contributed by atoms with Crippen LogP contribution < -0.4 is 5.32 Å². The van der Waals surface area contributed by atoms with Crippen LogP contribution in [0.1, 0.15) is 6.92 Å². The van der Waals surface area contributed by atoms with E-state index in [0.717, 1.165) is 18.9 Å². The first-order chi connectivity index (χ1) is 3.80. The Labute approximate surface area is 48.4 Å². The van der Waals surface area contributed by atoms with Crippen LogP contribution in [0.3, 0.4) is 0 Å². The van der Waals surface area contributed by atoms with E-state index >= 15 is 0 Å². The van der Waals surface area contributed by atoms with Gasteiger partial charge in [0.25, 0.3) is 0 Å². The maximum atomic E-state index is 8.86. The largest absolute Gasteiger partial charge is 0.386 e. The van der Waals surface area contributed by atoms with Crippen molar-refractivity contribution in [3.63, 3.8) is 0 Å². The molecule has 1 atom stereocenters.